The molecule has 0 aliphatic rings. The number of amides is 1. The summed E-state index contributed by atoms with van der Waals surface area (Å²) in [7, 11) is 0. The minimum Gasteiger partial charge on any atom is -0.453 e. The number of carbonyl (C=O) groups is 1. The predicted molar refractivity (Wildman–Crippen MR) is 81.6 cm³/mol. The third kappa shape index (κ3) is 7.55. The summed E-state index contributed by atoms with van der Waals surface area (Å²) in [5, 5.41) is 6.07. The van der Waals surface area contributed by atoms with E-state index in [2.05, 4.69) is 26.6 Å². The van der Waals surface area contributed by atoms with Crippen LogP contribution in [0.4, 0.5) is 4.79 Å². The molecule has 0 aromatic carbocycles. The lowest BCUT2D eigenvalue weighted by Gasteiger charge is -2.22. The fraction of sp³-hybridized carbons (Fsp3) is 0.643. The molecule has 1 aromatic heterocycles. The fourth-order valence-corrected chi connectivity index (χ4v) is 1.90. The maximum Gasteiger partial charge on any atom is 0.407 e. The van der Waals surface area contributed by atoms with Gasteiger partial charge in [0.15, 0.2) is 4.67 Å². The van der Waals surface area contributed by atoms with E-state index in [0.29, 0.717) is 6.54 Å². The van der Waals surface area contributed by atoms with Gasteiger partial charge in [0.25, 0.3) is 0 Å². The minimum atomic E-state index is -0.464. The smallest absolute Gasteiger partial charge is 0.407 e. The highest BCUT2D eigenvalue weighted by Gasteiger charge is 2.17. The second-order valence-electron chi connectivity index (χ2n) is 5.72. The maximum absolute atomic E-state index is 11.6. The molecular formula is C14H23BrN2O3. The number of halogens is 1. The quantitative estimate of drug-likeness (QED) is 0.774. The largest absolute Gasteiger partial charge is 0.453 e. The van der Waals surface area contributed by atoms with Crippen LogP contribution in [0.25, 0.3) is 0 Å². The third-order valence-electron chi connectivity index (χ3n) is 2.45. The number of carbonyl (C=O) groups excluding carboxylic acids is 1. The summed E-state index contributed by atoms with van der Waals surface area (Å²) >= 11 is 3.26. The van der Waals surface area contributed by atoms with Crippen molar-refractivity contribution in [1.82, 2.24) is 10.6 Å². The van der Waals surface area contributed by atoms with Gasteiger partial charge in [-0.2, -0.15) is 0 Å². The van der Waals surface area contributed by atoms with Gasteiger partial charge in [0.1, 0.15) is 11.4 Å². The third-order valence-corrected chi connectivity index (χ3v) is 2.87. The van der Waals surface area contributed by atoms with Crippen molar-refractivity contribution in [2.45, 2.75) is 52.3 Å². The highest BCUT2D eigenvalue weighted by molar-refractivity contribution is 9.10. The van der Waals surface area contributed by atoms with Crippen LogP contribution in [0.3, 0.4) is 0 Å². The van der Waals surface area contributed by atoms with Gasteiger partial charge in [-0.05, 0) is 68.7 Å². The lowest BCUT2D eigenvalue weighted by atomic mass is 10.2. The number of nitrogens with one attached hydrogen (secondary N) is 2. The molecule has 0 saturated heterocycles. The van der Waals surface area contributed by atoms with Crippen LogP contribution >= 0.6 is 15.9 Å². The Hall–Kier alpha value is -1.01. The molecule has 0 aliphatic heterocycles. The molecule has 1 amide bonds. The Morgan fingerprint density at radius 2 is 2.15 bits per heavy atom. The second-order valence-corrected chi connectivity index (χ2v) is 6.50. The lowest BCUT2D eigenvalue weighted by molar-refractivity contribution is 0.0506. The van der Waals surface area contributed by atoms with Crippen molar-refractivity contribution in [1.29, 1.82) is 0 Å². The van der Waals surface area contributed by atoms with E-state index in [9.17, 15) is 4.79 Å². The Balaban J connectivity index is 2.14. The van der Waals surface area contributed by atoms with Gasteiger partial charge in [-0.3, -0.25) is 0 Å². The van der Waals surface area contributed by atoms with Gasteiger partial charge < -0.3 is 19.8 Å². The normalized spacial score (nSPS) is 13.1. The summed E-state index contributed by atoms with van der Waals surface area (Å²) in [6, 6.07) is 3.84. The lowest BCUT2D eigenvalue weighted by Crippen LogP contribution is -2.38. The van der Waals surface area contributed by atoms with Crippen LogP contribution in [0.15, 0.2) is 21.2 Å². The molecule has 1 unspecified atom stereocenters. The van der Waals surface area contributed by atoms with Crippen LogP contribution in [0.1, 0.15) is 39.9 Å². The summed E-state index contributed by atoms with van der Waals surface area (Å²) in [4.78, 5) is 11.6. The summed E-state index contributed by atoms with van der Waals surface area (Å²) in [6.07, 6.45) is 0.446. The van der Waals surface area contributed by atoms with Gasteiger partial charge in [0, 0.05) is 6.04 Å². The van der Waals surface area contributed by atoms with Crippen LogP contribution in [-0.4, -0.2) is 24.3 Å². The SMILES string of the molecule is CC(CCNCc1ccc(Br)o1)NC(=O)OC(C)(C)C. The number of hydrogen-bond donors (Lipinski definition) is 2. The molecule has 20 heavy (non-hydrogen) atoms. The van der Waals surface area contributed by atoms with Crippen molar-refractivity contribution in [3.05, 3.63) is 22.6 Å². The van der Waals surface area contributed by atoms with Crippen molar-refractivity contribution >= 4 is 22.0 Å². The molecule has 5 nitrogen and oxygen atoms in total. The van der Waals surface area contributed by atoms with E-state index in [1.807, 2.05) is 39.8 Å². The van der Waals surface area contributed by atoms with Crippen LogP contribution in [0.2, 0.25) is 0 Å². The highest BCUT2D eigenvalue weighted by Crippen LogP contribution is 2.13. The van der Waals surface area contributed by atoms with Crippen LogP contribution in [0.5, 0.6) is 0 Å². The second kappa shape index (κ2) is 7.69. The van der Waals surface area contributed by atoms with E-state index >= 15 is 0 Å². The Kier molecular flexibility index (Phi) is 6.55. The van der Waals surface area contributed by atoms with Gasteiger partial charge in [0.05, 0.1) is 6.54 Å². The molecule has 6 heteroatoms. The molecule has 1 rings (SSSR count). The standard InChI is InChI=1S/C14H23BrN2O3/c1-10(17-13(18)20-14(2,3)4)7-8-16-9-11-5-6-12(15)19-11/h5-6,10,16H,7-9H2,1-4H3,(H,17,18). The number of hydrogen-bond acceptors (Lipinski definition) is 4. The highest BCUT2D eigenvalue weighted by atomic mass is 79.9. The van der Waals surface area contributed by atoms with Crippen molar-refractivity contribution in [2.75, 3.05) is 6.54 Å². The monoisotopic (exact) mass is 346 g/mol. The van der Waals surface area contributed by atoms with E-state index < -0.39 is 5.60 Å². The first-order valence-corrected chi connectivity index (χ1v) is 7.50. The molecule has 1 atom stereocenters. The fourth-order valence-electron chi connectivity index (χ4n) is 1.56. The summed E-state index contributed by atoms with van der Waals surface area (Å²) < 4.78 is 11.3. The molecule has 0 radical (unpaired) electrons. The van der Waals surface area contributed by atoms with E-state index in [1.54, 1.807) is 0 Å². The summed E-state index contributed by atoms with van der Waals surface area (Å²) in [5.74, 6) is 0.879. The molecule has 0 spiro atoms. The van der Waals surface area contributed by atoms with Crippen molar-refractivity contribution in [3.8, 4) is 0 Å². The Labute approximate surface area is 128 Å². The van der Waals surface area contributed by atoms with Crippen LogP contribution in [0, 0.1) is 0 Å². The molecule has 0 aliphatic carbocycles. The molecular weight excluding hydrogens is 324 g/mol. The predicted octanol–water partition coefficient (Wildman–Crippen LogP) is 3.44. The van der Waals surface area contributed by atoms with E-state index in [4.69, 9.17) is 9.15 Å². The topological polar surface area (TPSA) is 63.5 Å². The number of furan rings is 1. The average Bonchev–Trinajstić information content (AvgIpc) is 2.67. The van der Waals surface area contributed by atoms with Gasteiger partial charge in [-0.25, -0.2) is 4.79 Å². The Bertz CT molecular complexity index is 426. The molecule has 2 N–H and O–H groups in total. The first-order chi connectivity index (χ1) is 9.26. The zero-order chi connectivity index (χ0) is 15.2. The molecule has 0 saturated carbocycles. The number of alkyl carbamates (subject to hydrolysis) is 1. The van der Waals surface area contributed by atoms with Crippen molar-refractivity contribution < 1.29 is 13.9 Å². The van der Waals surface area contributed by atoms with Crippen molar-refractivity contribution in [3.63, 3.8) is 0 Å². The molecule has 0 fully saturated rings. The van der Waals surface area contributed by atoms with E-state index in [1.165, 1.54) is 0 Å². The maximum atomic E-state index is 11.6. The van der Waals surface area contributed by atoms with Crippen molar-refractivity contribution in [2.24, 2.45) is 0 Å². The number of ether oxygens (including phenoxy) is 1. The molecule has 1 heterocycles. The first-order valence-electron chi connectivity index (χ1n) is 6.71. The molecule has 114 valence electrons. The first kappa shape index (κ1) is 17.0. The van der Waals surface area contributed by atoms with Crippen LogP contribution < -0.4 is 10.6 Å². The van der Waals surface area contributed by atoms with Crippen LogP contribution in [-0.2, 0) is 11.3 Å². The number of rotatable bonds is 6. The van der Waals surface area contributed by atoms with Gasteiger partial charge in [0.2, 0.25) is 0 Å². The molecule has 1 aromatic rings. The van der Waals surface area contributed by atoms with E-state index in [-0.39, 0.29) is 12.1 Å². The van der Waals surface area contributed by atoms with Gasteiger partial charge >= 0.3 is 6.09 Å². The summed E-state index contributed by atoms with van der Waals surface area (Å²) in [5.41, 5.74) is -0.464. The van der Waals surface area contributed by atoms with Gasteiger partial charge in [-0.1, -0.05) is 0 Å². The zero-order valence-corrected chi connectivity index (χ0v) is 14.0. The van der Waals surface area contributed by atoms with E-state index in [0.717, 1.165) is 23.4 Å². The van der Waals surface area contributed by atoms with Gasteiger partial charge in [-0.15, -0.1) is 0 Å². The Morgan fingerprint density at radius 1 is 1.45 bits per heavy atom. The Morgan fingerprint density at radius 3 is 2.70 bits per heavy atom. The summed E-state index contributed by atoms with van der Waals surface area (Å²) in [6.45, 7) is 8.95. The zero-order valence-electron chi connectivity index (χ0n) is 12.5. The average molecular weight is 347 g/mol. The molecule has 0 bridgehead atoms. The minimum absolute atomic E-state index is 0.0562.